The summed E-state index contributed by atoms with van der Waals surface area (Å²) in [6.07, 6.45) is 8.42. The van der Waals surface area contributed by atoms with E-state index in [0.29, 0.717) is 4.88 Å². The van der Waals surface area contributed by atoms with Crippen molar-refractivity contribution >= 4 is 56.2 Å². The van der Waals surface area contributed by atoms with Crippen LogP contribution < -0.4 is 0 Å². The molecule has 3 aromatic heterocycles. The molecule has 44 heavy (non-hydrogen) atoms. The number of hydrogen-bond acceptors (Lipinski definition) is 9. The zero-order valence-electron chi connectivity index (χ0n) is 24.6. The van der Waals surface area contributed by atoms with Crippen molar-refractivity contribution in [2.45, 2.75) is 89.5 Å². The average molecular weight is 687 g/mol. The Bertz CT molecular complexity index is 1570. The van der Waals surface area contributed by atoms with Crippen molar-refractivity contribution in [2.24, 2.45) is 0 Å². The summed E-state index contributed by atoms with van der Waals surface area (Å²) in [7, 11) is -6.31. The summed E-state index contributed by atoms with van der Waals surface area (Å²) in [5, 5.41) is 6.37. The van der Waals surface area contributed by atoms with Gasteiger partial charge >= 0.3 is 11.2 Å². The van der Waals surface area contributed by atoms with Crippen molar-refractivity contribution in [2.75, 3.05) is 6.61 Å². The van der Waals surface area contributed by atoms with Gasteiger partial charge in [0.25, 0.3) is 0 Å². The number of unbranched alkanes of at least 4 members (excludes halogenated alkanes) is 6. The zero-order valence-corrected chi connectivity index (χ0v) is 27.8. The number of hydrogen-bond donors (Lipinski definition) is 0. The third-order valence-corrected chi connectivity index (χ3v) is 11.4. The van der Waals surface area contributed by atoms with E-state index in [4.69, 9.17) is 0 Å². The standard InChI is InChI=1S/C31H36F3NO5S4/c1-3-5-7-9-11-21-15-16-41-28(21)25-13-14-26(43-25)29-22(12-10-8-6-4-2)17-24(42-29)18-23(19-35)30(36)40-20-27(32)31(33,34)44(37,38)39/h13-18,27H,3-12,20H2,1-2H3,(H,37,38,39)/p-1/b23-18+. The molecule has 6 nitrogen and oxygen atoms in total. The Balaban J connectivity index is 1.85. The summed E-state index contributed by atoms with van der Waals surface area (Å²) < 4.78 is 76.9. The fraction of sp³-hybridized carbons (Fsp3) is 0.484. The van der Waals surface area contributed by atoms with Crippen LogP contribution in [0.15, 0.2) is 35.2 Å². The molecule has 240 valence electrons. The van der Waals surface area contributed by atoms with E-state index in [1.807, 2.05) is 6.07 Å². The Morgan fingerprint density at radius 2 is 1.61 bits per heavy atom. The molecule has 0 saturated carbocycles. The summed E-state index contributed by atoms with van der Waals surface area (Å²) in [4.78, 5) is 17.4. The molecule has 13 heteroatoms. The highest BCUT2D eigenvalue weighted by molar-refractivity contribution is 7.86. The number of carbonyl (C=O) groups excluding carboxylic acids is 1. The molecule has 0 bridgehead atoms. The third-order valence-electron chi connectivity index (χ3n) is 6.91. The lowest BCUT2D eigenvalue weighted by atomic mass is 10.1. The van der Waals surface area contributed by atoms with Crippen LogP contribution in [-0.4, -0.2) is 37.0 Å². The van der Waals surface area contributed by atoms with Gasteiger partial charge in [0.15, 0.2) is 10.1 Å². The maximum Gasteiger partial charge on any atom is 0.368 e. The number of rotatable bonds is 18. The molecule has 0 aliphatic carbocycles. The van der Waals surface area contributed by atoms with Gasteiger partial charge in [0, 0.05) is 24.4 Å². The van der Waals surface area contributed by atoms with E-state index in [1.165, 1.54) is 52.0 Å². The number of thiophene rings is 3. The molecule has 0 N–H and O–H groups in total. The average Bonchev–Trinajstić information content (AvgIpc) is 3.74. The van der Waals surface area contributed by atoms with Gasteiger partial charge in [-0.3, -0.25) is 0 Å². The van der Waals surface area contributed by atoms with Gasteiger partial charge in [-0.25, -0.2) is 17.6 Å². The summed E-state index contributed by atoms with van der Waals surface area (Å²) in [6.45, 7) is 2.62. The Morgan fingerprint density at radius 1 is 1.00 bits per heavy atom. The second-order valence-electron chi connectivity index (χ2n) is 10.3. The fourth-order valence-corrected chi connectivity index (χ4v) is 8.30. The van der Waals surface area contributed by atoms with Crippen molar-refractivity contribution in [1.29, 1.82) is 5.26 Å². The van der Waals surface area contributed by atoms with Gasteiger partial charge in [-0.05, 0) is 72.5 Å². The topological polar surface area (TPSA) is 107 Å². The van der Waals surface area contributed by atoms with E-state index in [-0.39, 0.29) is 0 Å². The zero-order chi connectivity index (χ0) is 32.3. The minimum Gasteiger partial charge on any atom is -0.743 e. The molecule has 0 aromatic carbocycles. The van der Waals surface area contributed by atoms with Crippen molar-refractivity contribution < 1.29 is 35.7 Å². The Hall–Kier alpha value is -2.50. The smallest absolute Gasteiger partial charge is 0.368 e. The first-order valence-corrected chi connectivity index (χ1v) is 18.4. The summed E-state index contributed by atoms with van der Waals surface area (Å²) in [5.74, 6) is -1.41. The molecule has 3 rings (SSSR count). The van der Waals surface area contributed by atoms with Crippen LogP contribution in [-0.2, 0) is 32.5 Å². The van der Waals surface area contributed by atoms with E-state index in [1.54, 1.807) is 28.7 Å². The Kier molecular flexibility index (Phi) is 13.7. The van der Waals surface area contributed by atoms with E-state index >= 15 is 0 Å². The van der Waals surface area contributed by atoms with Gasteiger partial charge in [-0.15, -0.1) is 34.0 Å². The predicted octanol–water partition coefficient (Wildman–Crippen LogP) is 9.38. The van der Waals surface area contributed by atoms with Crippen LogP contribution in [0.25, 0.3) is 25.6 Å². The second kappa shape index (κ2) is 16.7. The molecule has 0 radical (unpaired) electrons. The number of aryl methyl sites for hydroxylation is 2. The van der Waals surface area contributed by atoms with Crippen LogP contribution in [0.2, 0.25) is 0 Å². The van der Waals surface area contributed by atoms with Crippen LogP contribution >= 0.6 is 34.0 Å². The first-order valence-electron chi connectivity index (χ1n) is 14.5. The summed E-state index contributed by atoms with van der Waals surface area (Å²) in [5.41, 5.74) is 1.81. The third kappa shape index (κ3) is 9.50. The second-order valence-corrected chi connectivity index (χ2v) is 14.9. The molecule has 1 atom stereocenters. The highest BCUT2D eigenvalue weighted by Crippen LogP contribution is 2.43. The number of ether oxygens (including phenoxy) is 1. The van der Waals surface area contributed by atoms with Gasteiger partial charge in [0.05, 0.1) is 0 Å². The van der Waals surface area contributed by atoms with Crippen LogP contribution in [0.1, 0.15) is 81.2 Å². The van der Waals surface area contributed by atoms with Gasteiger partial charge in [0.2, 0.25) is 6.17 Å². The molecule has 1 unspecified atom stereocenters. The first-order chi connectivity index (χ1) is 20.9. The number of halogens is 3. The summed E-state index contributed by atoms with van der Waals surface area (Å²) in [6, 6.07) is 9.87. The molecule has 0 aliphatic rings. The quantitative estimate of drug-likeness (QED) is 0.0434. The van der Waals surface area contributed by atoms with Crippen molar-refractivity contribution in [3.8, 4) is 25.6 Å². The van der Waals surface area contributed by atoms with Crippen LogP contribution in [0.3, 0.4) is 0 Å². The van der Waals surface area contributed by atoms with E-state index in [0.717, 1.165) is 60.3 Å². The lowest BCUT2D eigenvalue weighted by molar-refractivity contribution is -0.143. The molecular formula is C31H35F3NO5S4-. The number of nitriles is 1. The molecule has 0 aliphatic heterocycles. The minimum absolute atomic E-state index is 0.547. The minimum atomic E-state index is -6.31. The molecular weight excluding hydrogens is 652 g/mol. The first kappa shape index (κ1) is 36.0. The number of esters is 1. The SMILES string of the molecule is CCCCCCc1ccsc1-c1ccc(-c2sc(/C=C(\C#N)C(=O)OCC(F)C(F)(F)S(=O)(=O)[O-])cc2CCCCCC)s1. The lowest BCUT2D eigenvalue weighted by Crippen LogP contribution is -2.41. The Labute approximate surface area is 269 Å². The van der Waals surface area contributed by atoms with E-state index < -0.39 is 39.7 Å². The van der Waals surface area contributed by atoms with Crippen molar-refractivity contribution in [3.63, 3.8) is 0 Å². The molecule has 3 aromatic rings. The van der Waals surface area contributed by atoms with E-state index in [9.17, 15) is 36.2 Å². The van der Waals surface area contributed by atoms with Crippen molar-refractivity contribution in [3.05, 3.63) is 51.2 Å². The summed E-state index contributed by atoms with van der Waals surface area (Å²) >= 11 is 4.76. The molecule has 0 saturated heterocycles. The van der Waals surface area contributed by atoms with Gasteiger partial charge < -0.3 is 9.29 Å². The monoisotopic (exact) mass is 686 g/mol. The molecule has 0 amide bonds. The normalized spacial score (nSPS) is 13.2. The molecule has 0 fully saturated rings. The highest BCUT2D eigenvalue weighted by atomic mass is 32.2. The van der Waals surface area contributed by atoms with E-state index in [2.05, 4.69) is 42.2 Å². The fourth-order valence-electron chi connectivity index (χ4n) is 4.49. The predicted molar refractivity (Wildman–Crippen MR) is 171 cm³/mol. The lowest BCUT2D eigenvalue weighted by Gasteiger charge is -2.22. The maximum absolute atomic E-state index is 13.8. The number of alkyl halides is 3. The van der Waals surface area contributed by atoms with Gasteiger partial charge in [0.1, 0.15) is 18.2 Å². The van der Waals surface area contributed by atoms with Gasteiger partial charge in [-0.2, -0.15) is 14.0 Å². The largest absolute Gasteiger partial charge is 0.743 e. The van der Waals surface area contributed by atoms with Gasteiger partial charge in [-0.1, -0.05) is 52.4 Å². The Morgan fingerprint density at radius 3 is 2.20 bits per heavy atom. The maximum atomic E-state index is 13.8. The number of nitrogens with zero attached hydrogens (tertiary/aromatic N) is 1. The molecule has 0 spiro atoms. The highest BCUT2D eigenvalue weighted by Gasteiger charge is 2.48. The van der Waals surface area contributed by atoms with Crippen molar-refractivity contribution in [1.82, 2.24) is 0 Å². The van der Waals surface area contributed by atoms with Crippen LogP contribution in [0, 0.1) is 11.3 Å². The van der Waals surface area contributed by atoms with Crippen LogP contribution in [0.5, 0.6) is 0 Å². The molecule has 3 heterocycles. The van der Waals surface area contributed by atoms with Crippen LogP contribution in [0.4, 0.5) is 13.2 Å². The number of carbonyl (C=O) groups is 1.